The molecule has 1 aromatic heterocycles. The van der Waals surface area contributed by atoms with E-state index in [-0.39, 0.29) is 18.1 Å². The number of benzene rings is 3. The second-order valence-corrected chi connectivity index (χ2v) is 12.6. The van der Waals surface area contributed by atoms with Crippen LogP contribution in [0.4, 0.5) is 24.5 Å². The zero-order valence-corrected chi connectivity index (χ0v) is 25.4. The van der Waals surface area contributed by atoms with Gasteiger partial charge >= 0.3 is 11.0 Å². The molecule has 0 unspecified atom stereocenters. The lowest BCUT2D eigenvalue weighted by Crippen LogP contribution is -2.33. The van der Waals surface area contributed by atoms with Gasteiger partial charge in [-0.05, 0) is 54.1 Å². The number of aromatic amines is 1. The number of carbonyl (C=O) groups excluding carboxylic acids is 3. The van der Waals surface area contributed by atoms with Crippen molar-refractivity contribution in [2.45, 2.75) is 22.4 Å². The average Bonchev–Trinajstić information content (AvgIpc) is 3.50. The maximum absolute atomic E-state index is 13.9. The lowest BCUT2D eigenvalue weighted by Gasteiger charge is -2.30. The summed E-state index contributed by atoms with van der Waals surface area (Å²) in [5.41, 5.74) is -0.685. The Bertz CT molecular complexity index is 1880. The Labute approximate surface area is 266 Å². The molecule has 9 nitrogen and oxygen atoms in total. The first-order chi connectivity index (χ1) is 21.5. The number of amides is 3. The quantitative estimate of drug-likeness (QED) is 0.233. The number of ether oxygens (including phenoxy) is 2. The Balaban J connectivity index is 1.32. The Kier molecular flexibility index (Phi) is 8.14. The molecule has 6 rings (SSSR count). The van der Waals surface area contributed by atoms with Crippen LogP contribution in [-0.2, 0) is 20.6 Å². The summed E-state index contributed by atoms with van der Waals surface area (Å²) in [6, 6.07) is 15.6. The van der Waals surface area contributed by atoms with Gasteiger partial charge in [-0.3, -0.25) is 19.2 Å². The van der Waals surface area contributed by atoms with Crippen molar-refractivity contribution in [1.82, 2.24) is 4.98 Å². The number of nitrogens with zero attached hydrogens (tertiary/aromatic N) is 1. The van der Waals surface area contributed by atoms with E-state index in [0.717, 1.165) is 35.2 Å². The predicted molar refractivity (Wildman–Crippen MR) is 162 cm³/mol. The van der Waals surface area contributed by atoms with Crippen LogP contribution in [0.2, 0.25) is 5.02 Å². The molecule has 2 aliphatic rings. The summed E-state index contributed by atoms with van der Waals surface area (Å²) in [6.07, 6.45) is -4.81. The number of carbonyl (C=O) groups is 3. The van der Waals surface area contributed by atoms with E-state index >= 15 is 0 Å². The van der Waals surface area contributed by atoms with Gasteiger partial charge in [0, 0.05) is 21.5 Å². The van der Waals surface area contributed by atoms with E-state index in [4.69, 9.17) is 21.1 Å². The van der Waals surface area contributed by atoms with E-state index in [1.807, 2.05) is 0 Å². The summed E-state index contributed by atoms with van der Waals surface area (Å²) < 4.78 is 52.9. The van der Waals surface area contributed by atoms with Crippen molar-refractivity contribution in [3.63, 3.8) is 0 Å². The number of hydrogen-bond donors (Lipinski definition) is 2. The zero-order valence-electron chi connectivity index (χ0n) is 23.0. The molecule has 15 heteroatoms. The van der Waals surface area contributed by atoms with Crippen LogP contribution >= 0.6 is 34.7 Å². The van der Waals surface area contributed by atoms with Crippen LogP contribution in [0, 0.1) is 5.92 Å². The van der Waals surface area contributed by atoms with E-state index in [0.29, 0.717) is 31.1 Å². The number of methoxy groups -OCH3 is 1. The Hall–Kier alpha value is -4.27. The molecule has 0 spiro atoms. The van der Waals surface area contributed by atoms with Gasteiger partial charge in [0.2, 0.25) is 11.8 Å². The van der Waals surface area contributed by atoms with Gasteiger partial charge in [-0.25, -0.2) is 4.90 Å². The third kappa shape index (κ3) is 5.80. The highest BCUT2D eigenvalue weighted by molar-refractivity contribution is 8.00. The molecular formula is C30H21ClF3N3O6S2. The maximum Gasteiger partial charge on any atom is 0.418 e. The van der Waals surface area contributed by atoms with Crippen molar-refractivity contribution >= 4 is 63.8 Å². The van der Waals surface area contributed by atoms with Gasteiger partial charge in [0.1, 0.15) is 5.25 Å². The molecular weight excluding hydrogens is 655 g/mol. The van der Waals surface area contributed by atoms with Crippen molar-refractivity contribution in [1.29, 1.82) is 0 Å². The molecule has 0 radical (unpaired) electrons. The minimum Gasteiger partial charge on any atom is -0.493 e. The number of fused-ring (bicyclic) bond motifs is 2. The number of para-hydroxylation sites is 1. The molecule has 3 amide bonds. The van der Waals surface area contributed by atoms with Gasteiger partial charge in [0.15, 0.2) is 18.1 Å². The molecule has 3 aromatic carbocycles. The van der Waals surface area contributed by atoms with Gasteiger partial charge in [-0.2, -0.15) is 13.2 Å². The molecule has 3 atom stereocenters. The van der Waals surface area contributed by atoms with Crippen LogP contribution in [-0.4, -0.2) is 41.7 Å². The third-order valence-electron chi connectivity index (χ3n) is 7.31. The van der Waals surface area contributed by atoms with Crippen LogP contribution in [0.15, 0.2) is 76.6 Å². The van der Waals surface area contributed by atoms with E-state index in [1.165, 1.54) is 25.3 Å². The van der Waals surface area contributed by atoms with Gasteiger partial charge in [-0.1, -0.05) is 52.9 Å². The van der Waals surface area contributed by atoms with Crippen LogP contribution in [0.5, 0.6) is 11.5 Å². The summed E-state index contributed by atoms with van der Waals surface area (Å²) in [5.74, 6) is -3.67. The number of imide groups is 1. The average molecular weight is 676 g/mol. The molecule has 45 heavy (non-hydrogen) atoms. The van der Waals surface area contributed by atoms with E-state index < -0.39 is 57.1 Å². The highest BCUT2D eigenvalue weighted by atomic mass is 35.5. The summed E-state index contributed by atoms with van der Waals surface area (Å²) in [6.45, 7) is -0.368. The van der Waals surface area contributed by atoms with Crippen LogP contribution in [0.3, 0.4) is 0 Å². The number of thioether (sulfide) groups is 1. The fraction of sp³-hybridized carbons (Fsp3) is 0.200. The van der Waals surface area contributed by atoms with Crippen molar-refractivity contribution in [3.05, 3.63) is 97.4 Å². The number of hydrogen-bond acceptors (Lipinski definition) is 8. The number of alkyl halides is 3. The smallest absolute Gasteiger partial charge is 0.418 e. The van der Waals surface area contributed by atoms with Crippen molar-refractivity contribution in [3.8, 4) is 11.5 Å². The molecule has 0 aliphatic carbocycles. The van der Waals surface area contributed by atoms with E-state index in [9.17, 15) is 32.3 Å². The first kappa shape index (κ1) is 30.7. The summed E-state index contributed by atoms with van der Waals surface area (Å²) in [5, 5.41) is 2.45. The summed E-state index contributed by atoms with van der Waals surface area (Å²) in [4.78, 5) is 55.8. The third-order valence-corrected chi connectivity index (χ3v) is 9.96. The second kappa shape index (κ2) is 11.9. The van der Waals surface area contributed by atoms with Crippen LogP contribution in [0.1, 0.15) is 21.9 Å². The fourth-order valence-corrected chi connectivity index (χ4v) is 8.03. The Morgan fingerprint density at radius 1 is 1.02 bits per heavy atom. The zero-order chi connectivity index (χ0) is 32.0. The van der Waals surface area contributed by atoms with Crippen LogP contribution < -0.4 is 24.6 Å². The summed E-state index contributed by atoms with van der Waals surface area (Å²) in [7, 11) is 1.37. The Morgan fingerprint density at radius 2 is 1.76 bits per heavy atom. The number of halogens is 4. The molecule has 0 bridgehead atoms. The fourth-order valence-electron chi connectivity index (χ4n) is 5.39. The molecule has 1 saturated heterocycles. The number of rotatable bonds is 7. The van der Waals surface area contributed by atoms with Crippen molar-refractivity contribution < 1.29 is 37.0 Å². The topological polar surface area (TPSA) is 118 Å². The van der Waals surface area contributed by atoms with Crippen LogP contribution in [0.25, 0.3) is 0 Å². The second-order valence-electron chi connectivity index (χ2n) is 10.0. The normalized spacial score (nSPS) is 19.2. The first-order valence-electron chi connectivity index (χ1n) is 13.3. The van der Waals surface area contributed by atoms with E-state index in [1.54, 1.807) is 36.4 Å². The monoisotopic (exact) mass is 675 g/mol. The van der Waals surface area contributed by atoms with E-state index in [2.05, 4.69) is 10.3 Å². The molecule has 232 valence electrons. The minimum atomic E-state index is -4.81. The number of nitrogens with one attached hydrogen (secondary N) is 2. The number of thiazole rings is 1. The minimum absolute atomic E-state index is 0.196. The van der Waals surface area contributed by atoms with Gasteiger partial charge in [0.05, 0.1) is 29.3 Å². The molecule has 4 aromatic rings. The number of anilines is 2. The van der Waals surface area contributed by atoms with Gasteiger partial charge in [0.25, 0.3) is 5.91 Å². The lowest BCUT2D eigenvalue weighted by molar-refractivity contribution is -0.137. The summed E-state index contributed by atoms with van der Waals surface area (Å²) >= 11 is 7.68. The standard InChI is InChI=1S/C30H21ClF3N3O6S2/c1-42-20-12-14(6-11-19(20)43-13-21(38)35-16-9-7-15(31)8-10-16)22-23-25(44-26-24(22)45-29(41)36-26)28(40)37(27(23)39)18-5-3-2-4-17(18)30(32,33)34/h2-12,22-23,25H,13H2,1H3,(H,35,38)(H,36,41)/t22-,23-,25+/m0/s1. The van der Waals surface area contributed by atoms with Gasteiger partial charge in [-0.15, -0.1) is 0 Å². The largest absolute Gasteiger partial charge is 0.493 e. The molecule has 2 N–H and O–H groups in total. The Morgan fingerprint density at radius 3 is 2.47 bits per heavy atom. The highest BCUT2D eigenvalue weighted by Crippen LogP contribution is 2.54. The molecule has 0 saturated carbocycles. The molecule has 1 fully saturated rings. The maximum atomic E-state index is 13.9. The molecule has 3 heterocycles. The lowest BCUT2D eigenvalue weighted by atomic mass is 9.83. The highest BCUT2D eigenvalue weighted by Gasteiger charge is 2.57. The van der Waals surface area contributed by atoms with Crippen molar-refractivity contribution in [2.75, 3.05) is 23.9 Å². The molecule has 2 aliphatic heterocycles. The number of H-pyrrole nitrogens is 1. The predicted octanol–water partition coefficient (Wildman–Crippen LogP) is 5.93. The number of aromatic nitrogens is 1. The van der Waals surface area contributed by atoms with Crippen molar-refractivity contribution in [2.24, 2.45) is 5.92 Å². The van der Waals surface area contributed by atoms with Gasteiger partial charge < -0.3 is 19.8 Å². The first-order valence-corrected chi connectivity index (χ1v) is 15.3. The SMILES string of the molecule is COc1cc([C@@H]2c3sc(=O)[nH]c3S[C@H]3C(=O)N(c4ccccc4C(F)(F)F)C(=O)[C@@H]23)ccc1OCC(=O)Nc1ccc(Cl)cc1.